The summed E-state index contributed by atoms with van der Waals surface area (Å²) in [7, 11) is 1.75. The first-order valence-electron chi connectivity index (χ1n) is 9.36. The number of benzene rings is 1. The van der Waals surface area contributed by atoms with Gasteiger partial charge >= 0.3 is 6.09 Å². The minimum atomic E-state index is -0.481. The van der Waals surface area contributed by atoms with Gasteiger partial charge in [0.2, 0.25) is 0 Å². The van der Waals surface area contributed by atoms with Crippen LogP contribution < -0.4 is 0 Å². The lowest BCUT2D eigenvalue weighted by molar-refractivity contribution is -0.117. The lowest BCUT2D eigenvalue weighted by Gasteiger charge is -2.24. The van der Waals surface area contributed by atoms with Crippen molar-refractivity contribution in [3.8, 4) is 0 Å². The number of likely N-dealkylation sites (tertiary alicyclic amines) is 1. The average Bonchev–Trinajstić information content (AvgIpc) is 2.93. The Bertz CT molecular complexity index is 619. The Morgan fingerprint density at radius 1 is 1.19 bits per heavy atom. The van der Waals surface area contributed by atoms with E-state index >= 15 is 0 Å². The van der Waals surface area contributed by atoms with Crippen LogP contribution in [0.5, 0.6) is 0 Å². The van der Waals surface area contributed by atoms with Crippen LogP contribution in [0.3, 0.4) is 0 Å². The number of amides is 1. The summed E-state index contributed by atoms with van der Waals surface area (Å²) in [5, 5.41) is 0. The molecule has 1 aliphatic heterocycles. The Hall–Kier alpha value is -1.88. The van der Waals surface area contributed by atoms with Gasteiger partial charge in [0.25, 0.3) is 0 Å². The monoisotopic (exact) mass is 360 g/mol. The van der Waals surface area contributed by atoms with Gasteiger partial charge in [-0.3, -0.25) is 4.90 Å². The van der Waals surface area contributed by atoms with Gasteiger partial charge in [0.15, 0.2) is 0 Å². The second kappa shape index (κ2) is 8.67. The molecule has 0 spiro atoms. The summed E-state index contributed by atoms with van der Waals surface area (Å²) in [5.41, 5.74) is 1.86. The van der Waals surface area contributed by atoms with Crippen LogP contribution in [0.25, 0.3) is 0 Å². The summed E-state index contributed by atoms with van der Waals surface area (Å²) in [5.74, 6) is 0.796. The van der Waals surface area contributed by atoms with Gasteiger partial charge in [-0.05, 0) is 57.7 Å². The number of carbonyl (C=O) groups excluding carboxylic acids is 2. The molecule has 26 heavy (non-hydrogen) atoms. The van der Waals surface area contributed by atoms with Crippen LogP contribution in [0.1, 0.15) is 51.7 Å². The summed E-state index contributed by atoms with van der Waals surface area (Å²) in [6.07, 6.45) is 1.50. The Morgan fingerprint density at radius 3 is 2.38 bits per heavy atom. The van der Waals surface area contributed by atoms with E-state index < -0.39 is 5.60 Å². The van der Waals surface area contributed by atoms with Crippen LogP contribution >= 0.6 is 0 Å². The predicted octanol–water partition coefficient (Wildman–Crippen LogP) is 3.85. The number of rotatable bonds is 6. The third-order valence-corrected chi connectivity index (χ3v) is 4.50. The largest absolute Gasteiger partial charge is 0.444 e. The van der Waals surface area contributed by atoms with Gasteiger partial charge in [-0.1, -0.05) is 24.3 Å². The number of hydrogen-bond donors (Lipinski definition) is 0. The van der Waals surface area contributed by atoms with E-state index in [0.717, 1.165) is 31.6 Å². The first-order chi connectivity index (χ1) is 12.1. The minimum absolute atomic E-state index is 0.287. The van der Waals surface area contributed by atoms with E-state index in [4.69, 9.17) is 4.74 Å². The molecule has 1 atom stereocenters. The molecule has 0 saturated carbocycles. The second-order valence-electron chi connectivity index (χ2n) is 8.45. The van der Waals surface area contributed by atoms with E-state index in [1.54, 1.807) is 18.9 Å². The molecule has 1 amide bonds. The molecule has 1 aromatic rings. The second-order valence-corrected chi connectivity index (χ2v) is 8.45. The molecule has 0 N–H and O–H groups in total. The van der Waals surface area contributed by atoms with Crippen molar-refractivity contribution >= 4 is 11.9 Å². The van der Waals surface area contributed by atoms with Crippen molar-refractivity contribution in [3.05, 3.63) is 35.4 Å². The van der Waals surface area contributed by atoms with Crippen LogP contribution in [0.4, 0.5) is 4.79 Å². The summed E-state index contributed by atoms with van der Waals surface area (Å²) in [6, 6.07) is 8.38. The average molecular weight is 360 g/mol. The number of ether oxygens (including phenoxy) is 1. The van der Waals surface area contributed by atoms with Crippen molar-refractivity contribution in [2.45, 2.75) is 59.2 Å². The summed E-state index contributed by atoms with van der Waals surface area (Å²) >= 11 is 0. The lowest BCUT2D eigenvalue weighted by atomic mass is 10.0. The van der Waals surface area contributed by atoms with Crippen LogP contribution in [-0.4, -0.2) is 47.4 Å². The molecule has 1 saturated heterocycles. The van der Waals surface area contributed by atoms with E-state index in [9.17, 15) is 9.59 Å². The van der Waals surface area contributed by atoms with Gasteiger partial charge in [-0.15, -0.1) is 0 Å². The molecule has 0 radical (unpaired) electrons. The fourth-order valence-corrected chi connectivity index (χ4v) is 3.32. The molecule has 2 rings (SSSR count). The van der Waals surface area contributed by atoms with Crippen molar-refractivity contribution in [2.24, 2.45) is 5.92 Å². The smallest absolute Gasteiger partial charge is 0.410 e. The number of Topliss-reactive ketones (excluding diaryl/α,β-unsaturated/α-hetero) is 1. The normalized spacial score (nSPS) is 18.0. The lowest BCUT2D eigenvalue weighted by Crippen LogP contribution is -2.33. The fraction of sp³-hybridized carbons (Fsp3) is 0.619. The molecular formula is C21H32N2O3. The Kier molecular flexibility index (Phi) is 6.81. The zero-order valence-electron chi connectivity index (χ0n) is 16.7. The highest BCUT2D eigenvalue weighted by Gasteiger charge is 2.23. The molecule has 1 fully saturated rings. The van der Waals surface area contributed by atoms with Gasteiger partial charge in [0.05, 0.1) is 0 Å². The van der Waals surface area contributed by atoms with Gasteiger partial charge in [-0.2, -0.15) is 0 Å². The number of carbonyl (C=O) groups is 2. The van der Waals surface area contributed by atoms with Crippen molar-refractivity contribution in [1.29, 1.82) is 0 Å². The summed E-state index contributed by atoms with van der Waals surface area (Å²) in [6.45, 7) is 10.8. The highest BCUT2D eigenvalue weighted by molar-refractivity contribution is 5.75. The molecule has 0 bridgehead atoms. The van der Waals surface area contributed by atoms with Gasteiger partial charge in [0, 0.05) is 33.1 Å². The van der Waals surface area contributed by atoms with Crippen molar-refractivity contribution < 1.29 is 14.3 Å². The van der Waals surface area contributed by atoms with Crippen LogP contribution in [0.2, 0.25) is 0 Å². The van der Waals surface area contributed by atoms with Crippen molar-refractivity contribution in [2.75, 3.05) is 20.1 Å². The standard InChI is InChI=1S/C21H32N2O3/c1-16(24)12-19-10-11-23(15-19)14-18-8-6-17(7-9-18)13-22(5)20(25)26-21(2,3)4/h6-9,19H,10-15H2,1-5H3. The van der Waals surface area contributed by atoms with Crippen LogP contribution in [0, 0.1) is 5.92 Å². The highest BCUT2D eigenvalue weighted by atomic mass is 16.6. The van der Waals surface area contributed by atoms with E-state index in [-0.39, 0.29) is 11.9 Å². The fourth-order valence-electron chi connectivity index (χ4n) is 3.32. The molecule has 5 nitrogen and oxygen atoms in total. The molecule has 1 heterocycles. The zero-order chi connectivity index (χ0) is 19.3. The molecule has 0 aliphatic carbocycles. The van der Waals surface area contributed by atoms with Crippen LogP contribution in [0.15, 0.2) is 24.3 Å². The zero-order valence-corrected chi connectivity index (χ0v) is 16.7. The third kappa shape index (κ3) is 6.79. The maximum absolute atomic E-state index is 12.0. The topological polar surface area (TPSA) is 49.9 Å². The molecule has 5 heteroatoms. The summed E-state index contributed by atoms with van der Waals surface area (Å²) in [4.78, 5) is 27.3. The minimum Gasteiger partial charge on any atom is -0.444 e. The maximum atomic E-state index is 12.0. The molecular weight excluding hydrogens is 328 g/mol. The molecule has 1 unspecified atom stereocenters. The molecule has 0 aromatic heterocycles. The Labute approximate surface area is 157 Å². The van der Waals surface area contributed by atoms with E-state index in [0.29, 0.717) is 18.9 Å². The summed E-state index contributed by atoms with van der Waals surface area (Å²) < 4.78 is 5.38. The Morgan fingerprint density at radius 2 is 1.81 bits per heavy atom. The molecule has 1 aromatic carbocycles. The first kappa shape index (κ1) is 20.4. The van der Waals surface area contributed by atoms with E-state index in [2.05, 4.69) is 29.2 Å². The van der Waals surface area contributed by atoms with Gasteiger partial charge < -0.3 is 14.4 Å². The van der Waals surface area contributed by atoms with Gasteiger partial charge in [0.1, 0.15) is 11.4 Å². The predicted molar refractivity (Wildman–Crippen MR) is 103 cm³/mol. The number of ketones is 1. The van der Waals surface area contributed by atoms with Crippen molar-refractivity contribution in [1.82, 2.24) is 9.80 Å². The maximum Gasteiger partial charge on any atom is 0.410 e. The highest BCUT2D eigenvalue weighted by Crippen LogP contribution is 2.22. The quantitative estimate of drug-likeness (QED) is 0.773. The number of nitrogens with zero attached hydrogens (tertiary/aromatic N) is 2. The van der Waals surface area contributed by atoms with Crippen LogP contribution in [-0.2, 0) is 22.6 Å². The number of hydrogen-bond acceptors (Lipinski definition) is 4. The molecule has 144 valence electrons. The van der Waals surface area contributed by atoms with Crippen molar-refractivity contribution in [3.63, 3.8) is 0 Å². The SMILES string of the molecule is CC(=O)CC1CCN(Cc2ccc(CN(C)C(=O)OC(C)(C)C)cc2)C1. The first-order valence-corrected chi connectivity index (χ1v) is 9.36. The van der Waals surface area contributed by atoms with E-state index in [1.807, 2.05) is 20.8 Å². The van der Waals surface area contributed by atoms with Gasteiger partial charge in [-0.25, -0.2) is 4.79 Å². The third-order valence-electron chi connectivity index (χ3n) is 4.50. The van der Waals surface area contributed by atoms with E-state index in [1.165, 1.54) is 5.56 Å². The molecule has 1 aliphatic rings. The Balaban J connectivity index is 1.83.